The van der Waals surface area contributed by atoms with Crippen LogP contribution in [-0.4, -0.2) is 43.3 Å². The van der Waals surface area contributed by atoms with Crippen LogP contribution in [-0.2, 0) is 28.6 Å². The molecule has 29 heavy (non-hydrogen) atoms. The quantitative estimate of drug-likeness (QED) is 0.603. The Bertz CT molecular complexity index is 958. The Morgan fingerprint density at radius 3 is 2.28 bits per heavy atom. The molecule has 1 aromatic carbocycles. The van der Waals surface area contributed by atoms with E-state index in [4.69, 9.17) is 14.2 Å². The monoisotopic (exact) mass is 399 g/mol. The Morgan fingerprint density at radius 1 is 1.14 bits per heavy atom. The van der Waals surface area contributed by atoms with Crippen LogP contribution < -0.4 is 0 Å². The molecule has 0 aromatic heterocycles. The number of nitrogens with zero attached hydrogens (tertiary/aromatic N) is 1. The van der Waals surface area contributed by atoms with Crippen LogP contribution in [0.2, 0.25) is 0 Å². The van der Waals surface area contributed by atoms with E-state index in [0.717, 1.165) is 14.2 Å². The predicted octanol–water partition coefficient (Wildman–Crippen LogP) is 2.12. The number of benzene rings is 1. The summed E-state index contributed by atoms with van der Waals surface area (Å²) in [6.07, 6.45) is -0.534. The van der Waals surface area contributed by atoms with Crippen molar-refractivity contribution in [2.75, 3.05) is 14.2 Å². The van der Waals surface area contributed by atoms with Crippen molar-refractivity contribution in [1.82, 2.24) is 0 Å². The van der Waals surface area contributed by atoms with Crippen molar-refractivity contribution in [3.8, 4) is 6.07 Å². The summed E-state index contributed by atoms with van der Waals surface area (Å²) in [5.41, 5.74) is -1.27. The Labute approximate surface area is 167 Å². The number of ether oxygens (including phenoxy) is 3. The molecule has 8 heteroatoms. The normalized spacial score (nSPS) is 27.1. The van der Waals surface area contributed by atoms with Crippen LogP contribution in [0.4, 0.5) is 0 Å². The van der Waals surface area contributed by atoms with Gasteiger partial charge in [-0.05, 0) is 25.0 Å². The van der Waals surface area contributed by atoms with Gasteiger partial charge < -0.3 is 19.3 Å². The van der Waals surface area contributed by atoms with Crippen LogP contribution in [0.5, 0.6) is 0 Å². The first-order valence-electron chi connectivity index (χ1n) is 9.06. The van der Waals surface area contributed by atoms with E-state index < -0.39 is 52.9 Å². The Morgan fingerprint density at radius 2 is 1.76 bits per heavy atom. The number of carbonyl (C=O) groups excluding carboxylic acids is 3. The molecule has 152 valence electrons. The average Bonchev–Trinajstić information content (AvgIpc) is 2.92. The molecule has 2 aliphatic carbocycles. The molecular formula is C21H21NO7. The summed E-state index contributed by atoms with van der Waals surface area (Å²) in [5, 5.41) is 21.1. The van der Waals surface area contributed by atoms with E-state index in [1.807, 2.05) is 6.07 Å². The highest BCUT2D eigenvalue weighted by Crippen LogP contribution is 2.65. The van der Waals surface area contributed by atoms with Crippen LogP contribution >= 0.6 is 0 Å². The molecule has 0 saturated carbocycles. The molecule has 0 spiro atoms. The number of fused-ring (bicyclic) bond motifs is 5. The number of aliphatic hydroxyl groups is 1. The Balaban J connectivity index is 2.41. The van der Waals surface area contributed by atoms with Gasteiger partial charge in [0, 0.05) is 11.8 Å². The van der Waals surface area contributed by atoms with Crippen molar-refractivity contribution in [1.29, 1.82) is 5.26 Å². The molecule has 2 aliphatic rings. The number of hydrogen-bond donors (Lipinski definition) is 1. The summed E-state index contributed by atoms with van der Waals surface area (Å²) in [7, 11) is 2.24. The minimum Gasteiger partial charge on any atom is -0.511 e. The third kappa shape index (κ3) is 2.69. The third-order valence-corrected chi connectivity index (χ3v) is 5.51. The molecular weight excluding hydrogens is 378 g/mol. The zero-order valence-corrected chi connectivity index (χ0v) is 16.5. The van der Waals surface area contributed by atoms with Crippen molar-refractivity contribution >= 4 is 17.9 Å². The fourth-order valence-corrected chi connectivity index (χ4v) is 4.47. The van der Waals surface area contributed by atoms with Gasteiger partial charge in [-0.1, -0.05) is 24.3 Å². The van der Waals surface area contributed by atoms with Crippen LogP contribution in [0.3, 0.4) is 0 Å². The van der Waals surface area contributed by atoms with Gasteiger partial charge in [-0.3, -0.25) is 9.59 Å². The van der Waals surface area contributed by atoms with E-state index >= 15 is 0 Å². The van der Waals surface area contributed by atoms with Gasteiger partial charge in [0.05, 0.1) is 32.0 Å². The zero-order chi connectivity index (χ0) is 21.5. The smallest absolute Gasteiger partial charge is 0.337 e. The van der Waals surface area contributed by atoms with Gasteiger partial charge >= 0.3 is 17.9 Å². The highest BCUT2D eigenvalue weighted by atomic mass is 16.5. The molecule has 0 fully saturated rings. The molecule has 0 aliphatic heterocycles. The molecule has 3 rings (SSSR count). The van der Waals surface area contributed by atoms with Gasteiger partial charge in [-0.2, -0.15) is 5.26 Å². The molecule has 0 saturated heterocycles. The van der Waals surface area contributed by atoms with Crippen LogP contribution in [0.25, 0.3) is 0 Å². The summed E-state index contributed by atoms with van der Waals surface area (Å²) in [4.78, 5) is 38.5. The van der Waals surface area contributed by atoms with Gasteiger partial charge in [0.1, 0.15) is 11.7 Å². The van der Waals surface area contributed by atoms with Gasteiger partial charge in [-0.25, -0.2) is 4.79 Å². The van der Waals surface area contributed by atoms with Gasteiger partial charge in [0.25, 0.3) is 0 Å². The molecule has 2 bridgehead atoms. The van der Waals surface area contributed by atoms with Gasteiger partial charge in [0.2, 0.25) is 0 Å². The first-order valence-corrected chi connectivity index (χ1v) is 9.06. The summed E-state index contributed by atoms with van der Waals surface area (Å²) >= 11 is 0. The molecule has 4 atom stereocenters. The number of carbonyl (C=O) groups is 3. The number of esters is 3. The van der Waals surface area contributed by atoms with E-state index in [-0.39, 0.29) is 5.57 Å². The Hall–Kier alpha value is -3.34. The summed E-state index contributed by atoms with van der Waals surface area (Å²) in [6, 6.07) is 8.74. The lowest BCUT2D eigenvalue weighted by Gasteiger charge is -2.40. The minimum atomic E-state index is -1.94. The van der Waals surface area contributed by atoms with E-state index in [9.17, 15) is 24.8 Å². The largest absolute Gasteiger partial charge is 0.511 e. The maximum Gasteiger partial charge on any atom is 0.337 e. The van der Waals surface area contributed by atoms with Crippen LogP contribution in [0.15, 0.2) is 35.6 Å². The first kappa shape index (κ1) is 20.4. The summed E-state index contributed by atoms with van der Waals surface area (Å²) in [6.45, 7) is 3.26. The van der Waals surface area contributed by atoms with Crippen molar-refractivity contribution in [3.05, 3.63) is 46.7 Å². The van der Waals surface area contributed by atoms with Crippen LogP contribution in [0.1, 0.15) is 36.8 Å². The maximum atomic E-state index is 13.3. The standard InChI is InChI=1S/C21H21NO7/c1-10(2)29-20(26)21(9-22)15-11-7-5-6-8-12(11)16(21)14(19(25)28-4)17(23)13(15)18(24)27-3/h5-8,10,13,15-16,23H,1-4H3. The van der Waals surface area contributed by atoms with Crippen molar-refractivity contribution in [3.63, 3.8) is 0 Å². The number of rotatable bonds is 4. The predicted molar refractivity (Wildman–Crippen MR) is 98.4 cm³/mol. The SMILES string of the molecule is COC(=O)C1=C(O)C(C(=O)OC)C2c3ccccc3C1C2(C#N)C(=O)OC(C)C. The second-order valence-corrected chi connectivity index (χ2v) is 7.27. The van der Waals surface area contributed by atoms with E-state index in [2.05, 4.69) is 0 Å². The number of hydrogen-bond acceptors (Lipinski definition) is 8. The lowest BCUT2D eigenvalue weighted by molar-refractivity contribution is -0.161. The van der Waals surface area contributed by atoms with E-state index in [1.165, 1.54) is 0 Å². The summed E-state index contributed by atoms with van der Waals surface area (Å²) in [5.74, 6) is -6.90. The van der Waals surface area contributed by atoms with E-state index in [0.29, 0.717) is 11.1 Å². The molecule has 0 heterocycles. The molecule has 8 nitrogen and oxygen atoms in total. The molecule has 1 N–H and O–H groups in total. The molecule has 0 radical (unpaired) electrons. The number of nitriles is 1. The highest BCUT2D eigenvalue weighted by Gasteiger charge is 2.69. The molecule has 0 amide bonds. The van der Waals surface area contributed by atoms with Gasteiger partial charge in [-0.15, -0.1) is 0 Å². The lowest BCUT2D eigenvalue weighted by atomic mass is 9.60. The lowest BCUT2D eigenvalue weighted by Crippen LogP contribution is -2.49. The molecule has 1 aromatic rings. The average molecular weight is 399 g/mol. The fourth-order valence-electron chi connectivity index (χ4n) is 4.47. The maximum absolute atomic E-state index is 13.3. The van der Waals surface area contributed by atoms with E-state index in [1.54, 1.807) is 38.1 Å². The fraction of sp³-hybridized carbons (Fsp3) is 0.429. The second kappa shape index (κ2) is 7.24. The minimum absolute atomic E-state index is 0.314. The topological polar surface area (TPSA) is 123 Å². The van der Waals surface area contributed by atoms with Crippen molar-refractivity contribution < 1.29 is 33.7 Å². The zero-order valence-electron chi connectivity index (χ0n) is 16.5. The second-order valence-electron chi connectivity index (χ2n) is 7.27. The Kier molecular flexibility index (Phi) is 5.09. The van der Waals surface area contributed by atoms with Crippen molar-refractivity contribution in [2.24, 2.45) is 11.3 Å². The number of methoxy groups -OCH3 is 2. The third-order valence-electron chi connectivity index (χ3n) is 5.51. The highest BCUT2D eigenvalue weighted by molar-refractivity contribution is 5.99. The number of aliphatic hydroxyl groups excluding tert-OH is 1. The van der Waals surface area contributed by atoms with Crippen LogP contribution in [0, 0.1) is 22.7 Å². The molecule has 4 unspecified atom stereocenters. The first-order chi connectivity index (χ1) is 13.8. The summed E-state index contributed by atoms with van der Waals surface area (Å²) < 4.78 is 15.0. The van der Waals surface area contributed by atoms with Gasteiger partial charge in [0.15, 0.2) is 5.41 Å². The van der Waals surface area contributed by atoms with Crippen molar-refractivity contribution in [2.45, 2.75) is 31.8 Å².